The number of carbonyl (C=O) groups excluding carboxylic acids is 2. The highest BCUT2D eigenvalue weighted by atomic mass is 79.9. The number of hydrogen-bond acceptors (Lipinski definition) is 3. The molecule has 0 saturated carbocycles. The van der Waals surface area contributed by atoms with Gasteiger partial charge in [0.1, 0.15) is 5.54 Å². The molecule has 2 fully saturated rings. The molecule has 3 amide bonds. The average molecular weight is 484 g/mol. The maximum atomic E-state index is 13.1. The molecule has 4 rings (SSSR count). The predicted octanol–water partition coefficient (Wildman–Crippen LogP) is 5.27. The lowest BCUT2D eigenvalue weighted by Gasteiger charge is -2.21. The number of imide groups is 1. The number of fused-ring (bicyclic) bond motifs is 1. The van der Waals surface area contributed by atoms with Gasteiger partial charge in [-0.2, -0.15) is 0 Å². The molecule has 2 heterocycles. The zero-order chi connectivity index (χ0) is 20.1. The van der Waals surface area contributed by atoms with E-state index in [0.717, 1.165) is 14.9 Å². The first kappa shape index (κ1) is 19.7. The van der Waals surface area contributed by atoms with Gasteiger partial charge in [0.15, 0.2) is 0 Å². The van der Waals surface area contributed by atoms with Crippen LogP contribution in [0.2, 0.25) is 10.0 Å². The van der Waals surface area contributed by atoms with Gasteiger partial charge in [-0.1, -0.05) is 51.3 Å². The summed E-state index contributed by atoms with van der Waals surface area (Å²) in [5, 5.41) is 0.743. The van der Waals surface area contributed by atoms with Crippen molar-refractivity contribution in [1.29, 1.82) is 0 Å². The number of anilines is 1. The Hall–Kier alpha value is -1.60. The summed E-state index contributed by atoms with van der Waals surface area (Å²) < 4.78 is 6.99. The molecule has 2 saturated heterocycles. The summed E-state index contributed by atoms with van der Waals surface area (Å²) >= 11 is 15.5. The number of urea groups is 1. The van der Waals surface area contributed by atoms with Gasteiger partial charge in [0, 0.05) is 27.5 Å². The lowest BCUT2D eigenvalue weighted by Crippen LogP contribution is -2.41. The van der Waals surface area contributed by atoms with Crippen molar-refractivity contribution in [3.8, 4) is 0 Å². The fourth-order valence-electron chi connectivity index (χ4n) is 3.77. The van der Waals surface area contributed by atoms with Crippen molar-refractivity contribution in [2.45, 2.75) is 31.6 Å². The minimum atomic E-state index is -0.934. The first-order chi connectivity index (χ1) is 13.3. The smallest absolute Gasteiger partial charge is 0.332 e. The van der Waals surface area contributed by atoms with Crippen LogP contribution in [0, 0.1) is 0 Å². The van der Waals surface area contributed by atoms with Crippen molar-refractivity contribution in [2.24, 2.45) is 0 Å². The lowest BCUT2D eigenvalue weighted by atomic mass is 9.98. The van der Waals surface area contributed by atoms with Crippen LogP contribution < -0.4 is 4.90 Å². The van der Waals surface area contributed by atoms with Crippen LogP contribution in [0.15, 0.2) is 46.9 Å². The second-order valence-electron chi connectivity index (χ2n) is 7.20. The molecule has 2 aromatic carbocycles. The molecule has 0 aliphatic carbocycles. The van der Waals surface area contributed by atoms with Crippen LogP contribution in [0.4, 0.5) is 10.5 Å². The minimum Gasteiger partial charge on any atom is -0.372 e. The fraction of sp³-hybridized carbons (Fsp3) is 0.300. The third-order valence-electron chi connectivity index (χ3n) is 5.20. The van der Waals surface area contributed by atoms with E-state index in [1.807, 2.05) is 24.3 Å². The van der Waals surface area contributed by atoms with Gasteiger partial charge in [-0.25, -0.2) is 9.69 Å². The number of halogens is 3. The highest BCUT2D eigenvalue weighted by Gasteiger charge is 2.59. The average Bonchev–Trinajstić information content (AvgIpc) is 3.06. The molecule has 146 valence electrons. The maximum absolute atomic E-state index is 13.1. The van der Waals surface area contributed by atoms with Gasteiger partial charge in [-0.05, 0) is 42.8 Å². The third-order valence-corrected chi connectivity index (χ3v) is 6.16. The summed E-state index contributed by atoms with van der Waals surface area (Å²) in [6.45, 7) is 2.57. The molecule has 0 radical (unpaired) electrons. The largest absolute Gasteiger partial charge is 0.372 e. The van der Waals surface area contributed by atoms with E-state index in [0.29, 0.717) is 35.3 Å². The Morgan fingerprint density at radius 3 is 2.39 bits per heavy atom. The van der Waals surface area contributed by atoms with Crippen LogP contribution >= 0.6 is 39.1 Å². The molecule has 0 bridgehead atoms. The zero-order valence-electron chi connectivity index (χ0n) is 15.0. The van der Waals surface area contributed by atoms with E-state index in [-0.39, 0.29) is 18.0 Å². The topological polar surface area (TPSA) is 49.9 Å². The molecule has 2 aromatic rings. The third kappa shape index (κ3) is 3.43. The number of hydrogen-bond donors (Lipinski definition) is 0. The quantitative estimate of drug-likeness (QED) is 0.556. The van der Waals surface area contributed by atoms with Crippen LogP contribution in [-0.2, 0) is 16.1 Å². The Bertz CT molecular complexity index is 933. The normalized spacial score (nSPS) is 24.2. The molecule has 0 spiro atoms. The van der Waals surface area contributed by atoms with E-state index in [1.54, 1.807) is 30.0 Å². The molecule has 28 heavy (non-hydrogen) atoms. The second kappa shape index (κ2) is 7.34. The molecule has 5 nitrogen and oxygen atoms in total. The molecular weight excluding hydrogens is 467 g/mol. The Labute approximate surface area is 181 Å². The van der Waals surface area contributed by atoms with Gasteiger partial charge in [-0.15, -0.1) is 0 Å². The van der Waals surface area contributed by atoms with Crippen LogP contribution in [-0.4, -0.2) is 35.0 Å². The molecule has 2 atom stereocenters. The predicted molar refractivity (Wildman–Crippen MR) is 112 cm³/mol. The van der Waals surface area contributed by atoms with E-state index in [4.69, 9.17) is 27.9 Å². The number of carbonyl (C=O) groups is 2. The highest BCUT2D eigenvalue weighted by Crippen LogP contribution is 2.41. The van der Waals surface area contributed by atoms with Crippen molar-refractivity contribution < 1.29 is 14.3 Å². The summed E-state index contributed by atoms with van der Waals surface area (Å²) in [7, 11) is 0. The number of amides is 3. The molecule has 2 aliphatic rings. The summed E-state index contributed by atoms with van der Waals surface area (Å²) in [5.41, 5.74) is 0.486. The van der Waals surface area contributed by atoms with Gasteiger partial charge >= 0.3 is 6.03 Å². The summed E-state index contributed by atoms with van der Waals surface area (Å²) in [6, 6.07) is 12.2. The van der Waals surface area contributed by atoms with Gasteiger partial charge in [0.05, 0.1) is 18.4 Å². The molecule has 2 unspecified atom stereocenters. The standard InChI is InChI=1S/C20H17BrCl2N2O3/c1-20-9-17(28-11-12-2-4-13(21)5-3-12)10-24(20)19(27)25(18(20)26)16-7-14(22)6-15(23)8-16/h2-8,17H,9-11H2,1H3. The van der Waals surface area contributed by atoms with Crippen molar-refractivity contribution in [3.05, 3.63) is 62.5 Å². The summed E-state index contributed by atoms with van der Waals surface area (Å²) in [6.07, 6.45) is 0.241. The Balaban J connectivity index is 1.49. The SMILES string of the molecule is CC12CC(OCc3ccc(Br)cc3)CN1C(=O)N(c1cc(Cl)cc(Cl)c1)C2=O. The van der Waals surface area contributed by atoms with E-state index < -0.39 is 5.54 Å². The zero-order valence-corrected chi connectivity index (χ0v) is 18.1. The first-order valence-electron chi connectivity index (χ1n) is 8.76. The Kier molecular flexibility index (Phi) is 5.16. The number of benzene rings is 2. The molecular formula is C20H17BrCl2N2O3. The van der Waals surface area contributed by atoms with E-state index in [1.165, 1.54) is 0 Å². The van der Waals surface area contributed by atoms with Crippen molar-refractivity contribution in [1.82, 2.24) is 4.90 Å². The second-order valence-corrected chi connectivity index (χ2v) is 8.99. The van der Waals surface area contributed by atoms with Crippen LogP contribution in [0.5, 0.6) is 0 Å². The van der Waals surface area contributed by atoms with Gasteiger partial charge in [-0.3, -0.25) is 4.79 Å². The molecule has 0 aromatic heterocycles. The molecule has 0 N–H and O–H groups in total. The van der Waals surface area contributed by atoms with Crippen LogP contribution in [0.25, 0.3) is 0 Å². The Morgan fingerprint density at radius 1 is 1.14 bits per heavy atom. The number of nitrogens with zero attached hydrogens (tertiary/aromatic N) is 2. The lowest BCUT2D eigenvalue weighted by molar-refractivity contribution is -0.123. The summed E-state index contributed by atoms with van der Waals surface area (Å²) in [4.78, 5) is 28.8. The van der Waals surface area contributed by atoms with Gasteiger partial charge in [0.2, 0.25) is 0 Å². The van der Waals surface area contributed by atoms with Crippen molar-refractivity contribution in [2.75, 3.05) is 11.4 Å². The molecule has 2 aliphatic heterocycles. The van der Waals surface area contributed by atoms with Crippen LogP contribution in [0.1, 0.15) is 18.9 Å². The Morgan fingerprint density at radius 2 is 1.79 bits per heavy atom. The van der Waals surface area contributed by atoms with Crippen LogP contribution in [0.3, 0.4) is 0 Å². The fourth-order valence-corrected chi connectivity index (χ4v) is 4.54. The molecule has 8 heteroatoms. The monoisotopic (exact) mass is 482 g/mol. The van der Waals surface area contributed by atoms with Crippen molar-refractivity contribution in [3.63, 3.8) is 0 Å². The van der Waals surface area contributed by atoms with E-state index >= 15 is 0 Å². The number of rotatable bonds is 4. The number of ether oxygens (including phenoxy) is 1. The maximum Gasteiger partial charge on any atom is 0.332 e. The summed E-state index contributed by atoms with van der Waals surface area (Å²) in [5.74, 6) is -0.287. The van der Waals surface area contributed by atoms with Gasteiger partial charge < -0.3 is 9.64 Å². The van der Waals surface area contributed by atoms with E-state index in [9.17, 15) is 9.59 Å². The first-order valence-corrected chi connectivity index (χ1v) is 10.3. The highest BCUT2D eigenvalue weighted by molar-refractivity contribution is 9.10. The van der Waals surface area contributed by atoms with E-state index in [2.05, 4.69) is 15.9 Å². The van der Waals surface area contributed by atoms with Crippen molar-refractivity contribution >= 4 is 56.8 Å². The minimum absolute atomic E-state index is 0.202. The van der Waals surface area contributed by atoms with Gasteiger partial charge in [0.25, 0.3) is 5.91 Å².